The Morgan fingerprint density at radius 1 is 1.38 bits per heavy atom. The number of ether oxygens (including phenoxy) is 1. The first-order valence-corrected chi connectivity index (χ1v) is 7.78. The number of fused-ring (bicyclic) bond motifs is 1. The third-order valence-electron chi connectivity index (χ3n) is 4.06. The van der Waals surface area contributed by atoms with Gasteiger partial charge in [0.25, 0.3) is 5.91 Å². The molecule has 1 aliphatic heterocycles. The van der Waals surface area contributed by atoms with Crippen LogP contribution in [-0.4, -0.2) is 44.1 Å². The monoisotopic (exact) mass is 366 g/mol. The van der Waals surface area contributed by atoms with Crippen LogP contribution < -0.4 is 5.32 Å². The summed E-state index contributed by atoms with van der Waals surface area (Å²) in [4.78, 5) is 19.0. The Morgan fingerprint density at radius 2 is 2.23 bits per heavy atom. The number of carbonyl (C=O) groups is 1. The van der Waals surface area contributed by atoms with Crippen molar-refractivity contribution in [3.63, 3.8) is 0 Å². The third-order valence-corrected chi connectivity index (χ3v) is 4.06. The van der Waals surface area contributed by atoms with Gasteiger partial charge in [-0.3, -0.25) is 10.1 Å². The first kappa shape index (κ1) is 16.5. The molecule has 8 nitrogen and oxygen atoms in total. The molecule has 3 heterocycles. The van der Waals surface area contributed by atoms with Gasteiger partial charge in [0.05, 0.1) is 35.4 Å². The van der Waals surface area contributed by atoms with Gasteiger partial charge in [0.1, 0.15) is 0 Å². The van der Waals surface area contributed by atoms with Gasteiger partial charge >= 0.3 is 6.18 Å². The van der Waals surface area contributed by atoms with Crippen molar-refractivity contribution in [3.8, 4) is 0 Å². The largest absolute Gasteiger partial charge is 0.416 e. The summed E-state index contributed by atoms with van der Waals surface area (Å²) >= 11 is 0. The fourth-order valence-corrected chi connectivity index (χ4v) is 2.71. The Bertz CT molecular complexity index is 958. The molecule has 11 heteroatoms. The third kappa shape index (κ3) is 3.12. The molecule has 2 N–H and O–H groups in total. The fraction of sp³-hybridized carbons (Fsp3) is 0.333. The number of carbonyl (C=O) groups excluding carboxylic acids is 1. The second-order valence-electron chi connectivity index (χ2n) is 5.87. The van der Waals surface area contributed by atoms with Crippen LogP contribution in [0.2, 0.25) is 0 Å². The minimum Gasteiger partial charge on any atom is -0.379 e. The van der Waals surface area contributed by atoms with E-state index in [2.05, 4.69) is 25.6 Å². The molecule has 1 fully saturated rings. The number of amides is 1. The van der Waals surface area contributed by atoms with Crippen LogP contribution in [0.1, 0.15) is 28.5 Å². The van der Waals surface area contributed by atoms with E-state index in [4.69, 9.17) is 4.74 Å². The number of benzene rings is 1. The molecular weight excluding hydrogens is 353 g/mol. The maximum Gasteiger partial charge on any atom is 0.416 e. The average molecular weight is 366 g/mol. The predicted molar refractivity (Wildman–Crippen MR) is 83.5 cm³/mol. The first-order valence-electron chi connectivity index (χ1n) is 7.78. The fourth-order valence-electron chi connectivity index (χ4n) is 2.71. The minimum atomic E-state index is -4.45. The lowest BCUT2D eigenvalue weighted by Crippen LogP contribution is -2.13. The van der Waals surface area contributed by atoms with Crippen LogP contribution in [-0.2, 0) is 10.9 Å². The number of imidazole rings is 1. The zero-order chi connectivity index (χ0) is 18.3. The SMILES string of the molecule is O=C(Nc1nc2ccc(C(F)(F)F)cc2[nH]1)c1cn(C2CCOC2)nn1. The molecule has 0 bridgehead atoms. The Balaban J connectivity index is 1.52. The van der Waals surface area contributed by atoms with Gasteiger partial charge in [-0.25, -0.2) is 9.67 Å². The van der Waals surface area contributed by atoms with Gasteiger partial charge in [-0.1, -0.05) is 5.21 Å². The Labute approximate surface area is 144 Å². The minimum absolute atomic E-state index is 0.0306. The van der Waals surface area contributed by atoms with Crippen LogP contribution in [0.5, 0.6) is 0 Å². The molecule has 0 saturated carbocycles. The highest BCUT2D eigenvalue weighted by atomic mass is 19.4. The van der Waals surface area contributed by atoms with E-state index in [1.165, 1.54) is 12.3 Å². The van der Waals surface area contributed by atoms with Gasteiger partial charge < -0.3 is 9.72 Å². The van der Waals surface area contributed by atoms with Crippen LogP contribution in [0, 0.1) is 0 Å². The maximum absolute atomic E-state index is 12.8. The molecule has 0 aliphatic carbocycles. The molecule has 136 valence electrons. The summed E-state index contributed by atoms with van der Waals surface area (Å²) in [5.74, 6) is -0.534. The van der Waals surface area contributed by atoms with Crippen LogP contribution >= 0.6 is 0 Å². The van der Waals surface area contributed by atoms with E-state index in [1.807, 2.05) is 0 Å². The van der Waals surface area contributed by atoms with Crippen molar-refractivity contribution in [1.29, 1.82) is 0 Å². The highest BCUT2D eigenvalue weighted by Gasteiger charge is 2.30. The van der Waals surface area contributed by atoms with Crippen LogP contribution in [0.25, 0.3) is 11.0 Å². The second-order valence-corrected chi connectivity index (χ2v) is 5.87. The van der Waals surface area contributed by atoms with E-state index in [0.29, 0.717) is 18.7 Å². The summed E-state index contributed by atoms with van der Waals surface area (Å²) in [5.41, 5.74) is -0.247. The van der Waals surface area contributed by atoms with Crippen molar-refractivity contribution < 1.29 is 22.7 Å². The molecule has 0 spiro atoms. The normalized spacial score (nSPS) is 17.7. The highest BCUT2D eigenvalue weighted by molar-refractivity contribution is 6.02. The molecular formula is C15H13F3N6O2. The van der Waals surface area contributed by atoms with Crippen molar-refractivity contribution in [2.45, 2.75) is 18.6 Å². The number of H-pyrrole nitrogens is 1. The van der Waals surface area contributed by atoms with Crippen LogP contribution in [0.3, 0.4) is 0 Å². The maximum atomic E-state index is 12.8. The van der Waals surface area contributed by atoms with E-state index in [0.717, 1.165) is 18.6 Å². The number of aromatic nitrogens is 5. The summed E-state index contributed by atoms with van der Waals surface area (Å²) in [6.45, 7) is 1.14. The van der Waals surface area contributed by atoms with Gasteiger partial charge in [0, 0.05) is 6.61 Å². The zero-order valence-corrected chi connectivity index (χ0v) is 13.2. The molecule has 1 unspecified atom stereocenters. The number of nitrogens with zero attached hydrogens (tertiary/aromatic N) is 4. The van der Waals surface area contributed by atoms with Crippen LogP contribution in [0.4, 0.5) is 19.1 Å². The number of anilines is 1. The number of alkyl halides is 3. The smallest absolute Gasteiger partial charge is 0.379 e. The number of aromatic amines is 1. The number of hydrogen-bond acceptors (Lipinski definition) is 5. The van der Waals surface area contributed by atoms with Gasteiger partial charge in [0.2, 0.25) is 5.95 Å². The molecule has 1 atom stereocenters. The van der Waals surface area contributed by atoms with Gasteiger partial charge in [-0.05, 0) is 24.6 Å². The van der Waals surface area contributed by atoms with Crippen LogP contribution in [0.15, 0.2) is 24.4 Å². The van der Waals surface area contributed by atoms with Gasteiger partial charge in [-0.2, -0.15) is 13.2 Å². The summed E-state index contributed by atoms with van der Waals surface area (Å²) in [7, 11) is 0. The lowest BCUT2D eigenvalue weighted by molar-refractivity contribution is -0.137. The molecule has 1 amide bonds. The molecule has 3 aromatic rings. The summed E-state index contributed by atoms with van der Waals surface area (Å²) in [5, 5.41) is 10.2. The standard InChI is InChI=1S/C15H13F3N6O2/c16-15(17,18)8-1-2-10-11(5-8)20-14(19-10)21-13(25)12-6-24(23-22-12)9-3-4-26-7-9/h1-2,5-6,9H,3-4,7H2,(H2,19,20,21,25). The summed E-state index contributed by atoms with van der Waals surface area (Å²) in [6.07, 6.45) is -2.17. The molecule has 4 rings (SSSR count). The number of rotatable bonds is 3. The van der Waals surface area contributed by atoms with E-state index >= 15 is 0 Å². The van der Waals surface area contributed by atoms with E-state index in [9.17, 15) is 18.0 Å². The van der Waals surface area contributed by atoms with Gasteiger partial charge in [0.15, 0.2) is 5.69 Å². The Kier molecular flexibility index (Phi) is 3.87. The molecule has 1 saturated heterocycles. The van der Waals surface area contributed by atoms with Crippen molar-refractivity contribution in [2.75, 3.05) is 18.5 Å². The van der Waals surface area contributed by atoms with Crippen molar-refractivity contribution in [3.05, 3.63) is 35.7 Å². The molecule has 1 aromatic carbocycles. The number of hydrogen-bond donors (Lipinski definition) is 2. The number of nitrogens with one attached hydrogen (secondary N) is 2. The molecule has 2 aromatic heterocycles. The van der Waals surface area contributed by atoms with E-state index < -0.39 is 17.6 Å². The quantitative estimate of drug-likeness (QED) is 0.742. The van der Waals surface area contributed by atoms with E-state index in [-0.39, 0.29) is 23.2 Å². The molecule has 26 heavy (non-hydrogen) atoms. The Morgan fingerprint density at radius 3 is 2.96 bits per heavy atom. The lowest BCUT2D eigenvalue weighted by Gasteiger charge is -2.05. The van der Waals surface area contributed by atoms with Crippen molar-refractivity contribution in [2.24, 2.45) is 0 Å². The topological polar surface area (TPSA) is 97.7 Å². The summed E-state index contributed by atoms with van der Waals surface area (Å²) in [6, 6.07) is 3.15. The van der Waals surface area contributed by atoms with E-state index in [1.54, 1.807) is 4.68 Å². The summed E-state index contributed by atoms with van der Waals surface area (Å²) < 4.78 is 45.1. The van der Waals surface area contributed by atoms with Gasteiger partial charge in [-0.15, -0.1) is 5.10 Å². The zero-order valence-electron chi connectivity index (χ0n) is 13.2. The molecule has 1 aliphatic rings. The highest BCUT2D eigenvalue weighted by Crippen LogP contribution is 2.31. The Hall–Kier alpha value is -2.95. The average Bonchev–Trinajstić information content (AvgIpc) is 3.32. The second kappa shape index (κ2) is 6.09. The predicted octanol–water partition coefficient (Wildman–Crippen LogP) is 2.39. The van der Waals surface area contributed by atoms with Crippen molar-refractivity contribution in [1.82, 2.24) is 25.0 Å². The molecule has 0 radical (unpaired) electrons. The number of halogens is 3. The van der Waals surface area contributed by atoms with Crippen molar-refractivity contribution >= 4 is 22.9 Å². The first-order chi connectivity index (χ1) is 12.4. The lowest BCUT2D eigenvalue weighted by atomic mass is 10.2.